The van der Waals surface area contributed by atoms with E-state index in [1.165, 1.54) is 16.7 Å². The van der Waals surface area contributed by atoms with Gasteiger partial charge in [-0.1, -0.05) is 17.7 Å². The highest BCUT2D eigenvalue weighted by Crippen LogP contribution is 2.20. The van der Waals surface area contributed by atoms with E-state index in [9.17, 15) is 0 Å². The van der Waals surface area contributed by atoms with Crippen molar-refractivity contribution >= 4 is 35.8 Å². The summed E-state index contributed by atoms with van der Waals surface area (Å²) in [6.07, 6.45) is 2.76. The van der Waals surface area contributed by atoms with Gasteiger partial charge in [-0.15, -0.1) is 24.0 Å². The molecule has 0 spiro atoms. The molecule has 176 valence electrons. The number of methoxy groups -OCH3 is 1. The zero-order valence-corrected chi connectivity index (χ0v) is 22.1. The fourth-order valence-electron chi connectivity index (χ4n) is 3.70. The Morgan fingerprint density at radius 2 is 1.91 bits per heavy atom. The summed E-state index contributed by atoms with van der Waals surface area (Å²) in [6, 6.07) is 10.5. The van der Waals surface area contributed by atoms with E-state index in [1.807, 2.05) is 18.3 Å². The van der Waals surface area contributed by atoms with Crippen LogP contribution in [0, 0.1) is 6.92 Å². The Kier molecular flexibility index (Phi) is 11.0. The Morgan fingerprint density at radius 3 is 2.62 bits per heavy atom. The second-order valence-electron chi connectivity index (χ2n) is 8.00. The van der Waals surface area contributed by atoms with Gasteiger partial charge in [-0.2, -0.15) is 0 Å². The average Bonchev–Trinajstić information content (AvgIpc) is 2.78. The van der Waals surface area contributed by atoms with Crippen molar-refractivity contribution in [2.24, 2.45) is 4.99 Å². The monoisotopic (exact) mass is 552 g/mol. The number of hydrogen-bond donors (Lipinski definition) is 2. The third-order valence-corrected chi connectivity index (χ3v) is 5.52. The van der Waals surface area contributed by atoms with E-state index in [2.05, 4.69) is 64.5 Å². The summed E-state index contributed by atoms with van der Waals surface area (Å²) in [5.41, 5.74) is 3.61. The summed E-state index contributed by atoms with van der Waals surface area (Å²) in [5, 5.41) is 6.78. The van der Waals surface area contributed by atoms with Gasteiger partial charge in [0.25, 0.3) is 0 Å². The van der Waals surface area contributed by atoms with Crippen LogP contribution in [-0.4, -0.2) is 69.3 Å². The van der Waals surface area contributed by atoms with Gasteiger partial charge in [0, 0.05) is 45.5 Å². The summed E-state index contributed by atoms with van der Waals surface area (Å²) in [6.45, 7) is 10.6. The van der Waals surface area contributed by atoms with E-state index >= 15 is 0 Å². The summed E-state index contributed by atoms with van der Waals surface area (Å²) in [4.78, 5) is 14.1. The molecule has 0 saturated carbocycles. The van der Waals surface area contributed by atoms with Gasteiger partial charge in [0.2, 0.25) is 0 Å². The number of rotatable bonds is 8. The summed E-state index contributed by atoms with van der Waals surface area (Å²) < 4.78 is 5.49. The van der Waals surface area contributed by atoms with Crippen LogP contribution in [0.15, 0.2) is 41.5 Å². The molecule has 0 radical (unpaired) electrons. The van der Waals surface area contributed by atoms with Crippen LogP contribution < -0.4 is 20.3 Å². The Hall–Kier alpha value is -2.07. The van der Waals surface area contributed by atoms with E-state index in [0.29, 0.717) is 6.54 Å². The molecule has 2 heterocycles. The van der Waals surface area contributed by atoms with Crippen LogP contribution in [0.5, 0.6) is 5.75 Å². The highest BCUT2D eigenvalue weighted by Gasteiger charge is 2.15. The molecular weight excluding hydrogens is 515 g/mol. The number of ether oxygens (including phenoxy) is 1. The van der Waals surface area contributed by atoms with Crippen molar-refractivity contribution in [2.45, 2.75) is 26.8 Å². The SMILES string of the molecule is CCNC(=NCc1ccnc(N2CCN(C)CC2)c1)NCCc1cc(C)ccc1OC.I. The Morgan fingerprint density at radius 1 is 1.12 bits per heavy atom. The molecule has 0 bridgehead atoms. The number of hydrogen-bond acceptors (Lipinski definition) is 5. The molecule has 0 atom stereocenters. The fraction of sp³-hybridized carbons (Fsp3) is 0.500. The average molecular weight is 553 g/mol. The van der Waals surface area contributed by atoms with Gasteiger partial charge in [-0.3, -0.25) is 0 Å². The highest BCUT2D eigenvalue weighted by atomic mass is 127. The number of likely N-dealkylation sites (N-methyl/N-ethyl adjacent to an activating group) is 1. The molecule has 3 rings (SSSR count). The maximum Gasteiger partial charge on any atom is 0.191 e. The van der Waals surface area contributed by atoms with Crippen molar-refractivity contribution in [3.8, 4) is 5.75 Å². The standard InChI is InChI=1S/C24H36N6O.HI/c1-5-25-24(27-11-9-21-16-19(2)6-7-22(21)31-4)28-18-20-8-10-26-23(17-20)30-14-12-29(3)13-15-30;/h6-8,10,16-17H,5,9,11-15,18H2,1-4H3,(H2,25,27,28);1H. The van der Waals surface area contributed by atoms with Crippen molar-refractivity contribution in [3.63, 3.8) is 0 Å². The molecule has 1 aliphatic rings. The summed E-state index contributed by atoms with van der Waals surface area (Å²) >= 11 is 0. The minimum atomic E-state index is 0. The maximum absolute atomic E-state index is 5.49. The summed E-state index contributed by atoms with van der Waals surface area (Å²) in [7, 11) is 3.89. The van der Waals surface area contributed by atoms with Gasteiger partial charge < -0.3 is 25.2 Å². The molecule has 0 unspecified atom stereocenters. The smallest absolute Gasteiger partial charge is 0.191 e. The predicted molar refractivity (Wildman–Crippen MR) is 144 cm³/mol. The number of aromatic nitrogens is 1. The largest absolute Gasteiger partial charge is 0.496 e. The Balaban J connectivity index is 0.00000363. The van der Waals surface area contributed by atoms with Crippen molar-refractivity contribution in [1.82, 2.24) is 20.5 Å². The molecule has 1 aliphatic heterocycles. The normalized spacial score (nSPS) is 14.6. The number of nitrogens with one attached hydrogen (secondary N) is 2. The molecule has 0 aliphatic carbocycles. The zero-order chi connectivity index (χ0) is 22.1. The van der Waals surface area contributed by atoms with Gasteiger partial charge in [0.1, 0.15) is 11.6 Å². The van der Waals surface area contributed by atoms with E-state index in [4.69, 9.17) is 9.73 Å². The van der Waals surface area contributed by atoms with Crippen LogP contribution in [0.4, 0.5) is 5.82 Å². The Bertz CT molecular complexity index is 867. The van der Waals surface area contributed by atoms with Gasteiger partial charge in [-0.05, 0) is 56.6 Å². The second kappa shape index (κ2) is 13.5. The van der Waals surface area contributed by atoms with Crippen LogP contribution in [0.2, 0.25) is 0 Å². The predicted octanol–water partition coefficient (Wildman–Crippen LogP) is 3.07. The van der Waals surface area contributed by atoms with Gasteiger partial charge in [-0.25, -0.2) is 9.98 Å². The van der Waals surface area contributed by atoms with Crippen LogP contribution >= 0.6 is 24.0 Å². The second-order valence-corrected chi connectivity index (χ2v) is 8.00. The number of piperazine rings is 1. The molecule has 1 fully saturated rings. The number of benzene rings is 1. The van der Waals surface area contributed by atoms with Crippen LogP contribution in [0.25, 0.3) is 0 Å². The van der Waals surface area contributed by atoms with Gasteiger partial charge >= 0.3 is 0 Å². The van der Waals surface area contributed by atoms with E-state index in [1.54, 1.807) is 7.11 Å². The number of anilines is 1. The first-order valence-electron chi connectivity index (χ1n) is 11.1. The first-order valence-corrected chi connectivity index (χ1v) is 11.1. The van der Waals surface area contributed by atoms with Gasteiger partial charge in [0.15, 0.2) is 5.96 Å². The van der Waals surface area contributed by atoms with Gasteiger partial charge in [0.05, 0.1) is 13.7 Å². The molecule has 2 N–H and O–H groups in total. The van der Waals surface area contributed by atoms with Crippen LogP contribution in [0.3, 0.4) is 0 Å². The number of aliphatic imine (C=N–C) groups is 1. The highest BCUT2D eigenvalue weighted by molar-refractivity contribution is 14.0. The lowest BCUT2D eigenvalue weighted by Gasteiger charge is -2.33. The third-order valence-electron chi connectivity index (χ3n) is 5.52. The molecule has 1 saturated heterocycles. The summed E-state index contributed by atoms with van der Waals surface area (Å²) in [5.74, 6) is 2.81. The van der Waals surface area contributed by atoms with E-state index in [-0.39, 0.29) is 24.0 Å². The molecule has 1 aromatic carbocycles. The lowest BCUT2D eigenvalue weighted by Crippen LogP contribution is -2.44. The lowest BCUT2D eigenvalue weighted by atomic mass is 10.1. The van der Waals surface area contributed by atoms with Crippen molar-refractivity contribution in [2.75, 3.05) is 58.3 Å². The number of aryl methyl sites for hydroxylation is 1. The van der Waals surface area contributed by atoms with E-state index in [0.717, 1.165) is 63.2 Å². The molecule has 0 amide bonds. The lowest BCUT2D eigenvalue weighted by molar-refractivity contribution is 0.312. The maximum atomic E-state index is 5.49. The number of pyridine rings is 1. The fourth-order valence-corrected chi connectivity index (χ4v) is 3.70. The molecular formula is C24H37IN6O. The zero-order valence-electron chi connectivity index (χ0n) is 19.7. The van der Waals surface area contributed by atoms with E-state index < -0.39 is 0 Å². The first kappa shape index (κ1) is 26.2. The molecule has 2 aromatic rings. The third kappa shape index (κ3) is 7.81. The molecule has 32 heavy (non-hydrogen) atoms. The first-order chi connectivity index (χ1) is 15.1. The topological polar surface area (TPSA) is 65.0 Å². The van der Waals surface area contributed by atoms with Crippen molar-refractivity contribution < 1.29 is 4.74 Å². The molecule has 7 nitrogen and oxygen atoms in total. The quantitative estimate of drug-likeness (QED) is 0.298. The minimum absolute atomic E-state index is 0. The van der Waals surface area contributed by atoms with Crippen LogP contribution in [0.1, 0.15) is 23.6 Å². The molecule has 1 aromatic heterocycles. The number of guanidine groups is 1. The van der Waals surface area contributed by atoms with Crippen molar-refractivity contribution in [1.29, 1.82) is 0 Å². The molecule has 8 heteroatoms. The number of halogens is 1. The van der Waals surface area contributed by atoms with Crippen molar-refractivity contribution in [3.05, 3.63) is 53.2 Å². The number of nitrogens with zero attached hydrogens (tertiary/aromatic N) is 4. The van der Waals surface area contributed by atoms with Crippen LogP contribution in [-0.2, 0) is 13.0 Å². The Labute approximate surface area is 209 Å². The minimum Gasteiger partial charge on any atom is -0.496 e.